The molecule has 1 aliphatic heterocycles. The van der Waals surface area contributed by atoms with Gasteiger partial charge in [0.15, 0.2) is 0 Å². The van der Waals surface area contributed by atoms with E-state index in [1.54, 1.807) is 0 Å². The van der Waals surface area contributed by atoms with E-state index in [1.807, 2.05) is 0 Å². The number of carboxylic acid groups (broad SMARTS) is 1. The highest BCUT2D eigenvalue weighted by Gasteiger charge is 2.36. The molecule has 0 aromatic carbocycles. The van der Waals surface area contributed by atoms with Crippen molar-refractivity contribution in [2.45, 2.75) is 32.0 Å². The number of hydrogen-bond donors (Lipinski definition) is 1. The highest BCUT2D eigenvalue weighted by molar-refractivity contribution is 6.05. The first-order valence-electron chi connectivity index (χ1n) is 4.39. The standard InChI is InChI=1S/C9H10F3NO2/c1-5-2-3-6(8(14)15)4-7(13-5)9(10,11)12/h4-5H,2-3H2,1H3,(H,14,15). The predicted octanol–water partition coefficient (Wildman–Crippen LogP) is 2.18. The summed E-state index contributed by atoms with van der Waals surface area (Å²) in [4.78, 5) is 14.0. The molecule has 3 nitrogen and oxygen atoms in total. The number of nitrogens with zero attached hydrogens (tertiary/aromatic N) is 1. The molecule has 0 aromatic heterocycles. The zero-order valence-corrected chi connectivity index (χ0v) is 8.01. The monoisotopic (exact) mass is 221 g/mol. The van der Waals surface area contributed by atoms with Crippen molar-refractivity contribution in [3.8, 4) is 0 Å². The number of aliphatic carboxylic acids is 1. The Labute approximate surface area is 84.3 Å². The fraction of sp³-hybridized carbons (Fsp3) is 0.556. The lowest BCUT2D eigenvalue weighted by Gasteiger charge is -2.07. The maximum absolute atomic E-state index is 12.4. The van der Waals surface area contributed by atoms with Gasteiger partial charge in [-0.25, -0.2) is 4.79 Å². The molecule has 1 aliphatic rings. The number of carbonyl (C=O) groups is 1. The van der Waals surface area contributed by atoms with Crippen molar-refractivity contribution in [3.05, 3.63) is 11.6 Å². The van der Waals surface area contributed by atoms with Crippen molar-refractivity contribution in [2.75, 3.05) is 0 Å². The third kappa shape index (κ3) is 3.07. The molecule has 0 fully saturated rings. The number of rotatable bonds is 1. The Kier molecular flexibility index (Phi) is 3.16. The first-order valence-corrected chi connectivity index (χ1v) is 4.39. The zero-order valence-electron chi connectivity index (χ0n) is 8.01. The normalized spacial score (nSPS) is 22.8. The minimum atomic E-state index is -4.58. The van der Waals surface area contributed by atoms with Crippen LogP contribution in [0.25, 0.3) is 0 Å². The fourth-order valence-electron chi connectivity index (χ4n) is 1.26. The summed E-state index contributed by atoms with van der Waals surface area (Å²) in [6.07, 6.45) is -3.54. The number of allylic oxidation sites excluding steroid dienone is 1. The van der Waals surface area contributed by atoms with E-state index in [9.17, 15) is 18.0 Å². The number of carboxylic acids is 1. The van der Waals surface area contributed by atoms with E-state index in [1.165, 1.54) is 6.92 Å². The van der Waals surface area contributed by atoms with Crippen molar-refractivity contribution >= 4 is 11.7 Å². The van der Waals surface area contributed by atoms with Crippen LogP contribution in [-0.4, -0.2) is 29.0 Å². The molecule has 84 valence electrons. The van der Waals surface area contributed by atoms with Crippen LogP contribution in [0.4, 0.5) is 13.2 Å². The molecule has 0 aromatic rings. The lowest BCUT2D eigenvalue weighted by Crippen LogP contribution is -2.22. The van der Waals surface area contributed by atoms with Crippen molar-refractivity contribution in [1.29, 1.82) is 0 Å². The Balaban J connectivity index is 3.07. The lowest BCUT2D eigenvalue weighted by atomic mass is 10.1. The van der Waals surface area contributed by atoms with E-state index >= 15 is 0 Å². The number of hydrogen-bond acceptors (Lipinski definition) is 2. The molecule has 1 atom stereocenters. The minimum Gasteiger partial charge on any atom is -0.478 e. The Morgan fingerprint density at radius 2 is 2.20 bits per heavy atom. The molecule has 15 heavy (non-hydrogen) atoms. The quantitative estimate of drug-likeness (QED) is 0.737. The first-order chi connectivity index (χ1) is 6.80. The molecule has 0 radical (unpaired) electrons. The van der Waals surface area contributed by atoms with Gasteiger partial charge in [0.2, 0.25) is 0 Å². The third-order valence-electron chi connectivity index (χ3n) is 2.07. The maximum atomic E-state index is 12.4. The molecule has 0 amide bonds. The fourth-order valence-corrected chi connectivity index (χ4v) is 1.26. The van der Waals surface area contributed by atoms with Gasteiger partial charge in [-0.2, -0.15) is 13.2 Å². The highest BCUT2D eigenvalue weighted by Crippen LogP contribution is 2.24. The van der Waals surface area contributed by atoms with Crippen molar-refractivity contribution < 1.29 is 23.1 Å². The van der Waals surface area contributed by atoms with Crippen LogP contribution in [0, 0.1) is 0 Å². The topological polar surface area (TPSA) is 49.7 Å². The number of alkyl halides is 3. The molecule has 6 heteroatoms. The van der Waals surface area contributed by atoms with Gasteiger partial charge in [0.1, 0.15) is 5.71 Å². The van der Waals surface area contributed by atoms with E-state index in [4.69, 9.17) is 5.11 Å². The lowest BCUT2D eigenvalue weighted by molar-refractivity contribution is -0.132. The van der Waals surface area contributed by atoms with Gasteiger partial charge in [0.05, 0.1) is 0 Å². The molecular weight excluding hydrogens is 211 g/mol. The van der Waals surface area contributed by atoms with Gasteiger partial charge in [0.25, 0.3) is 0 Å². The molecule has 1 heterocycles. The Bertz CT molecular complexity index is 331. The van der Waals surface area contributed by atoms with Crippen LogP contribution in [0.5, 0.6) is 0 Å². The van der Waals surface area contributed by atoms with Gasteiger partial charge in [-0.15, -0.1) is 0 Å². The molecule has 1 unspecified atom stereocenters. The molecule has 0 bridgehead atoms. The molecule has 0 saturated heterocycles. The average molecular weight is 221 g/mol. The van der Waals surface area contributed by atoms with Gasteiger partial charge in [0, 0.05) is 11.6 Å². The number of aliphatic imine (C=N–C) groups is 1. The van der Waals surface area contributed by atoms with Crippen molar-refractivity contribution in [2.24, 2.45) is 4.99 Å². The average Bonchev–Trinajstić information content (AvgIpc) is 2.25. The predicted molar refractivity (Wildman–Crippen MR) is 47.9 cm³/mol. The minimum absolute atomic E-state index is 0.111. The zero-order chi connectivity index (χ0) is 11.6. The Morgan fingerprint density at radius 3 is 2.67 bits per heavy atom. The van der Waals surface area contributed by atoms with Crippen LogP contribution in [0.2, 0.25) is 0 Å². The van der Waals surface area contributed by atoms with E-state index in [-0.39, 0.29) is 12.0 Å². The van der Waals surface area contributed by atoms with Crippen LogP contribution in [0.15, 0.2) is 16.6 Å². The van der Waals surface area contributed by atoms with Gasteiger partial charge in [-0.3, -0.25) is 4.99 Å². The van der Waals surface area contributed by atoms with E-state index in [0.29, 0.717) is 12.5 Å². The Morgan fingerprint density at radius 1 is 1.60 bits per heavy atom. The number of halogens is 3. The smallest absolute Gasteiger partial charge is 0.432 e. The summed E-state index contributed by atoms with van der Waals surface area (Å²) in [6, 6.07) is -0.505. The summed E-state index contributed by atoms with van der Waals surface area (Å²) in [7, 11) is 0. The summed E-state index contributed by atoms with van der Waals surface area (Å²) in [5, 5.41) is 8.64. The van der Waals surface area contributed by atoms with Gasteiger partial charge in [-0.05, 0) is 25.8 Å². The second-order valence-corrected chi connectivity index (χ2v) is 3.37. The summed E-state index contributed by atoms with van der Waals surface area (Å²) in [6.45, 7) is 1.53. The SMILES string of the molecule is CC1CCC(C(=O)O)=CC(C(F)(F)F)=N1. The van der Waals surface area contributed by atoms with E-state index in [0.717, 1.165) is 0 Å². The molecule has 1 N–H and O–H groups in total. The van der Waals surface area contributed by atoms with Crippen LogP contribution in [0.3, 0.4) is 0 Å². The van der Waals surface area contributed by atoms with Crippen LogP contribution < -0.4 is 0 Å². The molecule has 0 aliphatic carbocycles. The van der Waals surface area contributed by atoms with Gasteiger partial charge < -0.3 is 5.11 Å². The van der Waals surface area contributed by atoms with Gasteiger partial charge >= 0.3 is 12.1 Å². The summed E-state index contributed by atoms with van der Waals surface area (Å²) in [5.74, 6) is -1.32. The second kappa shape index (κ2) is 4.04. The second-order valence-electron chi connectivity index (χ2n) is 3.37. The molecule has 0 spiro atoms. The molecule has 1 rings (SSSR count). The van der Waals surface area contributed by atoms with Crippen LogP contribution >= 0.6 is 0 Å². The van der Waals surface area contributed by atoms with E-state index < -0.39 is 23.9 Å². The largest absolute Gasteiger partial charge is 0.478 e. The van der Waals surface area contributed by atoms with Crippen molar-refractivity contribution in [1.82, 2.24) is 0 Å². The van der Waals surface area contributed by atoms with Gasteiger partial charge in [-0.1, -0.05) is 0 Å². The summed E-state index contributed by atoms with van der Waals surface area (Å²) < 4.78 is 37.1. The summed E-state index contributed by atoms with van der Waals surface area (Å²) in [5.41, 5.74) is -1.35. The van der Waals surface area contributed by atoms with Crippen LogP contribution in [0.1, 0.15) is 19.8 Å². The summed E-state index contributed by atoms with van der Waals surface area (Å²) >= 11 is 0. The highest BCUT2D eigenvalue weighted by atomic mass is 19.4. The maximum Gasteiger partial charge on any atom is 0.432 e. The first kappa shape index (κ1) is 11.7. The Hall–Kier alpha value is -1.33. The molecular formula is C9H10F3NO2. The van der Waals surface area contributed by atoms with Crippen LogP contribution in [-0.2, 0) is 4.79 Å². The van der Waals surface area contributed by atoms with Crippen molar-refractivity contribution in [3.63, 3.8) is 0 Å². The third-order valence-corrected chi connectivity index (χ3v) is 2.07. The molecule has 0 saturated carbocycles. The van der Waals surface area contributed by atoms with E-state index in [2.05, 4.69) is 4.99 Å².